The number of pyridine rings is 1. The van der Waals surface area contributed by atoms with Crippen LogP contribution < -0.4 is 0 Å². The molecule has 0 N–H and O–H groups in total. The first-order valence-electron chi connectivity index (χ1n) is 5.22. The normalized spacial score (nSPS) is 10.9. The van der Waals surface area contributed by atoms with E-state index in [1.807, 2.05) is 30.5 Å². The fraction of sp³-hybridized carbons (Fsp3) is 0.0769. The van der Waals surface area contributed by atoms with Gasteiger partial charge in [-0.1, -0.05) is 6.07 Å². The zero-order chi connectivity index (χ0) is 11.7. The highest BCUT2D eigenvalue weighted by Gasteiger charge is 2.06. The van der Waals surface area contributed by atoms with E-state index < -0.39 is 0 Å². The summed E-state index contributed by atoms with van der Waals surface area (Å²) in [7, 11) is 0. The molecule has 4 heteroatoms. The maximum Gasteiger partial charge on any atom is 0.126 e. The summed E-state index contributed by atoms with van der Waals surface area (Å²) in [5.74, 6) is 0.538. The molecule has 0 aliphatic carbocycles. The van der Waals surface area contributed by atoms with Gasteiger partial charge in [-0.25, -0.2) is 4.98 Å². The Balaban J connectivity index is 2.14. The fourth-order valence-electron chi connectivity index (χ4n) is 1.66. The molecule has 0 atom stereocenters. The topological polar surface area (TPSA) is 25.8 Å². The van der Waals surface area contributed by atoms with E-state index in [9.17, 15) is 0 Å². The minimum absolute atomic E-state index is 0.538. The van der Waals surface area contributed by atoms with Crippen LogP contribution in [-0.2, 0) is 5.88 Å². The third kappa shape index (κ3) is 2.04. The quantitative estimate of drug-likeness (QED) is 0.649. The molecule has 0 saturated carbocycles. The molecule has 3 rings (SSSR count). The van der Waals surface area contributed by atoms with E-state index in [4.69, 9.17) is 11.6 Å². The predicted octanol–water partition coefficient (Wildman–Crippen LogP) is 4.10. The number of alkyl halides is 1. The van der Waals surface area contributed by atoms with Gasteiger partial charge in [-0.05, 0) is 29.8 Å². The number of rotatable bonds is 2. The monoisotopic (exact) mass is 260 g/mol. The van der Waals surface area contributed by atoms with E-state index in [1.165, 1.54) is 4.70 Å². The number of nitrogens with zero attached hydrogens (tertiary/aromatic N) is 2. The molecule has 2 aromatic heterocycles. The zero-order valence-corrected chi connectivity index (χ0v) is 10.5. The number of hydrogen-bond donors (Lipinski definition) is 0. The highest BCUT2D eigenvalue weighted by Crippen LogP contribution is 2.30. The van der Waals surface area contributed by atoms with Crippen LogP contribution in [0, 0.1) is 0 Å². The lowest BCUT2D eigenvalue weighted by atomic mass is 10.2. The second-order valence-electron chi connectivity index (χ2n) is 3.70. The highest BCUT2D eigenvalue weighted by molar-refractivity contribution is 7.21. The van der Waals surface area contributed by atoms with E-state index in [1.54, 1.807) is 17.5 Å². The van der Waals surface area contributed by atoms with Crippen molar-refractivity contribution in [1.29, 1.82) is 0 Å². The van der Waals surface area contributed by atoms with Crippen LogP contribution in [0.5, 0.6) is 0 Å². The molecule has 17 heavy (non-hydrogen) atoms. The van der Waals surface area contributed by atoms with Crippen molar-refractivity contribution in [3.05, 3.63) is 48.3 Å². The maximum atomic E-state index is 5.83. The molecule has 0 amide bonds. The Hall–Kier alpha value is -1.45. The molecule has 3 aromatic rings. The predicted molar refractivity (Wildman–Crippen MR) is 72.4 cm³/mol. The Kier molecular flexibility index (Phi) is 2.79. The summed E-state index contributed by atoms with van der Waals surface area (Å²) in [5.41, 5.74) is 3.20. The summed E-state index contributed by atoms with van der Waals surface area (Å²) < 4.78 is 1.17. The largest absolute Gasteiger partial charge is 0.264 e. The van der Waals surface area contributed by atoms with Crippen molar-refractivity contribution in [3.8, 4) is 10.6 Å². The second kappa shape index (κ2) is 4.43. The lowest BCUT2D eigenvalue weighted by Gasteiger charge is -1.92. The van der Waals surface area contributed by atoms with Crippen LogP contribution in [0.2, 0.25) is 0 Å². The van der Waals surface area contributed by atoms with Gasteiger partial charge in [0.15, 0.2) is 0 Å². The van der Waals surface area contributed by atoms with E-state index in [2.05, 4.69) is 16.0 Å². The molecular weight excluding hydrogens is 252 g/mol. The minimum Gasteiger partial charge on any atom is -0.264 e. The average molecular weight is 261 g/mol. The lowest BCUT2D eigenvalue weighted by Crippen LogP contribution is -1.77. The van der Waals surface area contributed by atoms with Gasteiger partial charge in [-0.15, -0.1) is 22.9 Å². The first-order chi connectivity index (χ1) is 8.36. The van der Waals surface area contributed by atoms with Gasteiger partial charge in [0.1, 0.15) is 5.01 Å². The molecule has 0 saturated heterocycles. The van der Waals surface area contributed by atoms with E-state index in [0.29, 0.717) is 5.88 Å². The Labute approximate surface area is 108 Å². The van der Waals surface area contributed by atoms with Gasteiger partial charge in [0.25, 0.3) is 0 Å². The number of aromatic nitrogens is 2. The molecule has 2 nitrogen and oxygen atoms in total. The molecule has 0 spiro atoms. The van der Waals surface area contributed by atoms with E-state index in [0.717, 1.165) is 21.7 Å². The number of halogens is 1. The third-order valence-electron chi connectivity index (χ3n) is 2.52. The number of fused-ring (bicyclic) bond motifs is 1. The zero-order valence-electron chi connectivity index (χ0n) is 8.93. The van der Waals surface area contributed by atoms with Gasteiger partial charge >= 0.3 is 0 Å². The number of thiazole rings is 1. The van der Waals surface area contributed by atoms with Crippen molar-refractivity contribution in [1.82, 2.24) is 9.97 Å². The summed E-state index contributed by atoms with van der Waals surface area (Å²) in [4.78, 5) is 8.70. The molecule has 0 aliphatic rings. The lowest BCUT2D eigenvalue weighted by molar-refractivity contribution is 1.32. The summed E-state index contributed by atoms with van der Waals surface area (Å²) in [6, 6.07) is 10.1. The molecule has 2 heterocycles. The van der Waals surface area contributed by atoms with Crippen molar-refractivity contribution in [3.63, 3.8) is 0 Å². The van der Waals surface area contributed by atoms with Crippen LogP contribution in [0.1, 0.15) is 5.56 Å². The summed E-state index contributed by atoms with van der Waals surface area (Å²) >= 11 is 7.50. The van der Waals surface area contributed by atoms with Crippen molar-refractivity contribution in [2.24, 2.45) is 0 Å². The SMILES string of the molecule is ClCc1ccc2nc(-c3cccnc3)sc2c1. The summed E-state index contributed by atoms with van der Waals surface area (Å²) in [5, 5.41) is 1.000. The summed E-state index contributed by atoms with van der Waals surface area (Å²) in [6.07, 6.45) is 3.60. The molecule has 0 unspecified atom stereocenters. The van der Waals surface area contributed by atoms with Gasteiger partial charge in [0.05, 0.1) is 10.2 Å². The van der Waals surface area contributed by atoms with Gasteiger partial charge < -0.3 is 0 Å². The average Bonchev–Trinajstić information content (AvgIpc) is 2.82. The van der Waals surface area contributed by atoms with Crippen molar-refractivity contribution in [2.75, 3.05) is 0 Å². The first kappa shape index (κ1) is 10.7. The van der Waals surface area contributed by atoms with Crippen molar-refractivity contribution < 1.29 is 0 Å². The van der Waals surface area contributed by atoms with Gasteiger partial charge in [-0.2, -0.15) is 0 Å². The molecule has 0 bridgehead atoms. The molecule has 84 valence electrons. The fourth-order valence-corrected chi connectivity index (χ4v) is 2.85. The van der Waals surface area contributed by atoms with Crippen molar-refractivity contribution in [2.45, 2.75) is 5.88 Å². The molecule has 1 aromatic carbocycles. The highest BCUT2D eigenvalue weighted by atomic mass is 35.5. The smallest absolute Gasteiger partial charge is 0.126 e. The first-order valence-corrected chi connectivity index (χ1v) is 6.58. The van der Waals surface area contributed by atoms with Crippen LogP contribution in [-0.4, -0.2) is 9.97 Å². The molecular formula is C13H9ClN2S. The Bertz CT molecular complexity index is 649. The van der Waals surface area contributed by atoms with E-state index >= 15 is 0 Å². The van der Waals surface area contributed by atoms with Crippen molar-refractivity contribution >= 4 is 33.2 Å². The third-order valence-corrected chi connectivity index (χ3v) is 3.89. The van der Waals surface area contributed by atoms with Gasteiger partial charge in [0, 0.05) is 23.8 Å². The van der Waals surface area contributed by atoms with Crippen LogP contribution in [0.25, 0.3) is 20.8 Å². The Morgan fingerprint density at radius 1 is 1.24 bits per heavy atom. The van der Waals surface area contributed by atoms with E-state index in [-0.39, 0.29) is 0 Å². The second-order valence-corrected chi connectivity index (χ2v) is 4.99. The number of benzene rings is 1. The molecule has 0 radical (unpaired) electrons. The Morgan fingerprint density at radius 3 is 2.94 bits per heavy atom. The van der Waals surface area contributed by atoms with Crippen LogP contribution in [0.15, 0.2) is 42.7 Å². The van der Waals surface area contributed by atoms with Gasteiger partial charge in [-0.3, -0.25) is 4.98 Å². The molecule has 0 aliphatic heterocycles. The summed E-state index contributed by atoms with van der Waals surface area (Å²) in [6.45, 7) is 0. The Morgan fingerprint density at radius 2 is 2.18 bits per heavy atom. The van der Waals surface area contributed by atoms with Crippen LogP contribution in [0.4, 0.5) is 0 Å². The number of hydrogen-bond acceptors (Lipinski definition) is 3. The van der Waals surface area contributed by atoms with Gasteiger partial charge in [0.2, 0.25) is 0 Å². The molecule has 0 fully saturated rings. The van der Waals surface area contributed by atoms with Crippen LogP contribution >= 0.6 is 22.9 Å². The maximum absolute atomic E-state index is 5.83. The van der Waals surface area contributed by atoms with Crippen LogP contribution in [0.3, 0.4) is 0 Å². The minimum atomic E-state index is 0.538. The standard InChI is InChI=1S/C13H9ClN2S/c14-7-9-3-4-11-12(6-9)17-13(16-11)10-2-1-5-15-8-10/h1-6,8H,7H2.